The Morgan fingerprint density at radius 3 is 2.04 bits per heavy atom. The molecule has 5 unspecified atom stereocenters. The average Bonchev–Trinajstić information content (AvgIpc) is 3.32. The van der Waals surface area contributed by atoms with Crippen molar-refractivity contribution in [2.45, 2.75) is 139 Å². The zero-order chi connectivity index (χ0) is 39.2. The summed E-state index contributed by atoms with van der Waals surface area (Å²) < 4.78 is 12.5. The molecule has 0 fully saturated rings. The Bertz CT molecular complexity index is 1290. The lowest BCUT2D eigenvalue weighted by molar-refractivity contribution is -0.137. The number of hydrazine groups is 1. The number of aromatic nitrogens is 2. The maximum absolute atomic E-state index is 13.3. The van der Waals surface area contributed by atoms with Crippen LogP contribution in [0.5, 0.6) is 0 Å². The van der Waals surface area contributed by atoms with Crippen LogP contribution in [0.1, 0.15) is 99.9 Å². The lowest BCUT2D eigenvalue weighted by Gasteiger charge is -2.30. The standard InChI is InChI=1S/C36H65N7O8/c1-21(2)16-27(28(44)17-24(7)32(46)39-31(23(5)6)34(48)37-19-22(3)4)38-30(45)14-15-42(35(49)51-36(10,11)12)41-33(47)29(50-13)20-43-26(9)18-25(8)40-43/h18,21-24,27-29,31,44H,14-17,19-20H2,1-13H3,(H,37,48)(H,38,45)(H,39,46)(H,41,47). The van der Waals surface area contributed by atoms with E-state index in [1.807, 2.05) is 61.5 Å². The molecule has 0 spiro atoms. The fraction of sp³-hybridized carbons (Fsp3) is 0.778. The maximum Gasteiger partial charge on any atom is 0.429 e. The number of amides is 5. The smallest absolute Gasteiger partial charge is 0.429 e. The van der Waals surface area contributed by atoms with Gasteiger partial charge in [0.2, 0.25) is 17.7 Å². The van der Waals surface area contributed by atoms with Gasteiger partial charge in [-0.3, -0.25) is 29.3 Å². The van der Waals surface area contributed by atoms with E-state index < -0.39 is 53.7 Å². The minimum Gasteiger partial charge on any atom is -0.442 e. The van der Waals surface area contributed by atoms with Gasteiger partial charge in [-0.2, -0.15) is 5.10 Å². The monoisotopic (exact) mass is 723 g/mol. The van der Waals surface area contributed by atoms with Gasteiger partial charge in [0.25, 0.3) is 5.91 Å². The van der Waals surface area contributed by atoms with Gasteiger partial charge in [-0.05, 0) is 71.3 Å². The second-order valence-corrected chi connectivity index (χ2v) is 15.6. The van der Waals surface area contributed by atoms with E-state index in [0.717, 1.165) is 16.4 Å². The van der Waals surface area contributed by atoms with Gasteiger partial charge in [0, 0.05) is 31.7 Å². The molecule has 5 amide bonds. The molecule has 0 aliphatic rings. The van der Waals surface area contributed by atoms with Crippen molar-refractivity contribution in [3.8, 4) is 0 Å². The Hall–Kier alpha value is -3.72. The highest BCUT2D eigenvalue weighted by molar-refractivity contribution is 5.88. The molecule has 5 N–H and O–H groups in total. The zero-order valence-electron chi connectivity index (χ0n) is 33.1. The first-order valence-electron chi connectivity index (χ1n) is 17.9. The fourth-order valence-electron chi connectivity index (χ4n) is 5.19. The molecule has 0 bridgehead atoms. The van der Waals surface area contributed by atoms with Crippen molar-refractivity contribution >= 4 is 29.7 Å². The minimum absolute atomic E-state index is 0.0374. The minimum atomic E-state index is -1.08. The van der Waals surface area contributed by atoms with Crippen molar-refractivity contribution in [3.63, 3.8) is 0 Å². The third kappa shape index (κ3) is 16.9. The number of hydrogen-bond acceptors (Lipinski definition) is 9. The molecule has 15 heteroatoms. The number of rotatable bonds is 19. The zero-order valence-corrected chi connectivity index (χ0v) is 33.1. The van der Waals surface area contributed by atoms with Gasteiger partial charge < -0.3 is 30.5 Å². The van der Waals surface area contributed by atoms with Crippen molar-refractivity contribution in [1.29, 1.82) is 0 Å². The second-order valence-electron chi connectivity index (χ2n) is 15.6. The molecule has 0 aliphatic heterocycles. The van der Waals surface area contributed by atoms with Gasteiger partial charge in [0.1, 0.15) is 11.6 Å². The molecule has 0 saturated heterocycles. The van der Waals surface area contributed by atoms with Gasteiger partial charge in [0.05, 0.1) is 30.9 Å². The molecule has 0 aromatic carbocycles. The lowest BCUT2D eigenvalue weighted by atomic mass is 9.92. The quantitative estimate of drug-likeness (QED) is 0.134. The Morgan fingerprint density at radius 1 is 0.922 bits per heavy atom. The molecule has 1 aromatic heterocycles. The van der Waals surface area contributed by atoms with Crippen LogP contribution in [0.2, 0.25) is 0 Å². The number of ether oxygens (including phenoxy) is 2. The van der Waals surface area contributed by atoms with Gasteiger partial charge in [-0.15, -0.1) is 0 Å². The molecule has 15 nitrogen and oxygen atoms in total. The van der Waals surface area contributed by atoms with Crippen LogP contribution in [0.3, 0.4) is 0 Å². The highest BCUT2D eigenvalue weighted by atomic mass is 16.6. The van der Waals surface area contributed by atoms with E-state index in [1.165, 1.54) is 7.11 Å². The number of methoxy groups -OCH3 is 1. The topological polar surface area (TPSA) is 193 Å². The van der Waals surface area contributed by atoms with Gasteiger partial charge in [-0.1, -0.05) is 48.5 Å². The number of nitrogens with zero attached hydrogens (tertiary/aromatic N) is 3. The molecule has 1 heterocycles. The van der Waals surface area contributed by atoms with Crippen molar-refractivity contribution in [2.24, 2.45) is 23.7 Å². The molecule has 0 radical (unpaired) electrons. The normalized spacial score (nSPS) is 14.8. The van der Waals surface area contributed by atoms with E-state index >= 15 is 0 Å². The summed E-state index contributed by atoms with van der Waals surface area (Å²) in [4.78, 5) is 65.5. The summed E-state index contributed by atoms with van der Waals surface area (Å²) >= 11 is 0. The number of carbonyl (C=O) groups excluding carboxylic acids is 5. The van der Waals surface area contributed by atoms with Crippen LogP contribution in [0.4, 0.5) is 4.79 Å². The molecule has 1 rings (SSSR count). The fourth-order valence-corrected chi connectivity index (χ4v) is 5.19. The van der Waals surface area contributed by atoms with Crippen molar-refractivity contribution in [2.75, 3.05) is 20.2 Å². The number of hydrogen-bond donors (Lipinski definition) is 5. The van der Waals surface area contributed by atoms with Gasteiger partial charge in [0.15, 0.2) is 6.10 Å². The van der Waals surface area contributed by atoms with Crippen molar-refractivity contribution in [3.05, 3.63) is 17.5 Å². The summed E-state index contributed by atoms with van der Waals surface area (Å²) in [6, 6.07) is 0.437. The molecule has 51 heavy (non-hydrogen) atoms. The Balaban J connectivity index is 3.00. The van der Waals surface area contributed by atoms with Crippen LogP contribution >= 0.6 is 0 Å². The summed E-state index contributed by atoms with van der Waals surface area (Å²) in [5.41, 5.74) is 3.27. The van der Waals surface area contributed by atoms with Crippen LogP contribution in [-0.2, 0) is 35.2 Å². The molecule has 0 aliphatic carbocycles. The molecule has 0 saturated carbocycles. The van der Waals surface area contributed by atoms with Crippen LogP contribution in [0, 0.1) is 37.5 Å². The molecule has 292 valence electrons. The van der Waals surface area contributed by atoms with Gasteiger partial charge >= 0.3 is 6.09 Å². The van der Waals surface area contributed by atoms with E-state index in [1.54, 1.807) is 32.4 Å². The lowest BCUT2D eigenvalue weighted by Crippen LogP contribution is -2.54. The van der Waals surface area contributed by atoms with E-state index in [4.69, 9.17) is 9.47 Å². The van der Waals surface area contributed by atoms with E-state index in [-0.39, 0.29) is 55.5 Å². The first-order chi connectivity index (χ1) is 23.5. The van der Waals surface area contributed by atoms with Crippen molar-refractivity contribution < 1.29 is 38.6 Å². The number of nitrogens with one attached hydrogen (secondary N) is 4. The number of aliphatic hydroxyl groups excluding tert-OH is 1. The molecule has 5 atom stereocenters. The first-order valence-corrected chi connectivity index (χ1v) is 17.9. The summed E-state index contributed by atoms with van der Waals surface area (Å²) in [6.45, 7) is 22.3. The second kappa shape index (κ2) is 21.0. The van der Waals surface area contributed by atoms with E-state index in [2.05, 4.69) is 26.5 Å². The van der Waals surface area contributed by atoms with Crippen LogP contribution < -0.4 is 21.4 Å². The Morgan fingerprint density at radius 2 is 1.55 bits per heavy atom. The van der Waals surface area contributed by atoms with Crippen LogP contribution in [0.25, 0.3) is 0 Å². The number of aryl methyl sites for hydroxylation is 2. The summed E-state index contributed by atoms with van der Waals surface area (Å²) in [7, 11) is 1.37. The summed E-state index contributed by atoms with van der Waals surface area (Å²) in [6.07, 6.45) is -2.72. The van der Waals surface area contributed by atoms with Gasteiger partial charge in [-0.25, -0.2) is 9.80 Å². The molecular formula is C36H65N7O8. The highest BCUT2D eigenvalue weighted by Crippen LogP contribution is 2.17. The average molecular weight is 724 g/mol. The maximum atomic E-state index is 13.3. The summed E-state index contributed by atoms with van der Waals surface area (Å²) in [5.74, 6) is -2.21. The molecular weight excluding hydrogens is 658 g/mol. The first kappa shape index (κ1) is 45.3. The largest absolute Gasteiger partial charge is 0.442 e. The number of aliphatic hydroxyl groups is 1. The Labute approximate surface area is 304 Å². The highest BCUT2D eigenvalue weighted by Gasteiger charge is 2.31. The summed E-state index contributed by atoms with van der Waals surface area (Å²) in [5, 5.41) is 25.1. The third-order valence-corrected chi connectivity index (χ3v) is 7.95. The number of carbonyl (C=O) groups is 5. The predicted molar refractivity (Wildman–Crippen MR) is 194 cm³/mol. The van der Waals surface area contributed by atoms with Crippen LogP contribution in [0.15, 0.2) is 6.07 Å². The van der Waals surface area contributed by atoms with E-state index in [0.29, 0.717) is 13.0 Å². The predicted octanol–water partition coefficient (Wildman–Crippen LogP) is 3.00. The Kier molecular flexibility index (Phi) is 18.6. The third-order valence-electron chi connectivity index (χ3n) is 7.95. The van der Waals surface area contributed by atoms with Crippen LogP contribution in [-0.4, -0.2) is 99.7 Å². The SMILES string of the molecule is COC(Cn1nc(C)cc1C)C(=O)NN(CCC(=O)NC(CC(C)C)C(O)CC(C)C(=O)NC(C(=O)NCC(C)C)C(C)C)C(=O)OC(C)(C)C. The van der Waals surface area contributed by atoms with E-state index in [9.17, 15) is 29.1 Å². The molecule has 1 aromatic rings. The van der Waals surface area contributed by atoms with Crippen molar-refractivity contribution in [1.82, 2.24) is 36.2 Å².